The van der Waals surface area contributed by atoms with E-state index < -0.39 is 6.16 Å². The van der Waals surface area contributed by atoms with Crippen LogP contribution in [0.4, 0.5) is 4.79 Å². The van der Waals surface area contributed by atoms with E-state index >= 15 is 0 Å². The zero-order valence-corrected chi connectivity index (χ0v) is 7.32. The Morgan fingerprint density at radius 3 is 2.67 bits per heavy atom. The summed E-state index contributed by atoms with van der Waals surface area (Å²) in [6, 6.07) is 0. The quantitative estimate of drug-likeness (QED) is 0.633. The van der Waals surface area contributed by atoms with Gasteiger partial charge in [-0.3, -0.25) is 0 Å². The highest BCUT2D eigenvalue weighted by Crippen LogP contribution is 2.15. The molecule has 0 radical (unpaired) electrons. The van der Waals surface area contributed by atoms with Crippen LogP contribution in [-0.4, -0.2) is 42.9 Å². The lowest BCUT2D eigenvalue weighted by molar-refractivity contribution is 0.0636. The Bertz CT molecular complexity index is 152. The number of piperidine rings is 1. The maximum absolute atomic E-state index is 10.1. The molecule has 12 heavy (non-hydrogen) atoms. The number of nitrogens with zero attached hydrogens (tertiary/aromatic N) is 1. The molecule has 0 saturated carbocycles. The first-order valence-corrected chi connectivity index (χ1v) is 4.22. The number of likely N-dealkylation sites (tertiary alicyclic amines) is 1. The first-order chi connectivity index (χ1) is 5.68. The van der Waals surface area contributed by atoms with Gasteiger partial charge in [0.15, 0.2) is 0 Å². The molecule has 0 spiro atoms. The molecule has 0 aromatic heterocycles. The summed E-state index contributed by atoms with van der Waals surface area (Å²) in [5.74, 6) is 0.428. The summed E-state index contributed by atoms with van der Waals surface area (Å²) in [5.41, 5.74) is 0. The minimum atomic E-state index is -1.16. The van der Waals surface area contributed by atoms with Gasteiger partial charge in [0.2, 0.25) is 0 Å². The van der Waals surface area contributed by atoms with Crippen LogP contribution in [-0.2, 0) is 4.74 Å². The van der Waals surface area contributed by atoms with E-state index in [-0.39, 0.29) is 0 Å². The van der Waals surface area contributed by atoms with Crippen molar-refractivity contribution in [3.8, 4) is 0 Å². The van der Waals surface area contributed by atoms with Crippen LogP contribution in [0.5, 0.6) is 0 Å². The molecule has 0 unspecified atom stereocenters. The van der Waals surface area contributed by atoms with Crippen molar-refractivity contribution in [2.75, 3.05) is 26.7 Å². The molecular formula is C8H15NO3. The SMILES string of the molecule is CN1CCC(COC(=O)O)CC1. The minimum Gasteiger partial charge on any atom is -0.450 e. The first kappa shape index (κ1) is 9.32. The fourth-order valence-electron chi connectivity index (χ4n) is 1.42. The van der Waals surface area contributed by atoms with Crippen LogP contribution in [0.1, 0.15) is 12.8 Å². The number of ether oxygens (including phenoxy) is 1. The van der Waals surface area contributed by atoms with Crippen molar-refractivity contribution in [3.05, 3.63) is 0 Å². The number of carbonyl (C=O) groups is 1. The zero-order chi connectivity index (χ0) is 8.97. The Morgan fingerprint density at radius 1 is 1.58 bits per heavy atom. The van der Waals surface area contributed by atoms with Gasteiger partial charge in [0.05, 0.1) is 6.61 Å². The highest BCUT2D eigenvalue weighted by atomic mass is 16.7. The maximum atomic E-state index is 10.1. The Hall–Kier alpha value is -0.770. The third-order valence-corrected chi connectivity index (χ3v) is 2.28. The van der Waals surface area contributed by atoms with E-state index in [4.69, 9.17) is 5.11 Å². The molecule has 1 fully saturated rings. The molecule has 1 saturated heterocycles. The number of hydrogen-bond donors (Lipinski definition) is 1. The Kier molecular flexibility index (Phi) is 3.34. The van der Waals surface area contributed by atoms with E-state index in [2.05, 4.69) is 16.7 Å². The largest absolute Gasteiger partial charge is 0.505 e. The molecule has 0 aliphatic carbocycles. The molecule has 1 aliphatic rings. The Morgan fingerprint density at radius 2 is 2.17 bits per heavy atom. The summed E-state index contributed by atoms with van der Waals surface area (Å²) < 4.78 is 4.51. The average molecular weight is 173 g/mol. The zero-order valence-electron chi connectivity index (χ0n) is 7.32. The highest BCUT2D eigenvalue weighted by molar-refractivity contribution is 5.56. The third kappa shape index (κ3) is 3.09. The molecule has 1 aliphatic heterocycles. The maximum Gasteiger partial charge on any atom is 0.505 e. The van der Waals surface area contributed by atoms with Crippen LogP contribution in [0.2, 0.25) is 0 Å². The normalized spacial score (nSPS) is 20.8. The molecule has 0 amide bonds. The van der Waals surface area contributed by atoms with Gasteiger partial charge in [0, 0.05) is 0 Å². The molecule has 1 rings (SSSR count). The molecular weight excluding hydrogens is 158 g/mol. The molecule has 1 heterocycles. The van der Waals surface area contributed by atoms with E-state index in [9.17, 15) is 4.79 Å². The van der Waals surface area contributed by atoms with E-state index in [1.807, 2.05) is 0 Å². The smallest absolute Gasteiger partial charge is 0.450 e. The van der Waals surface area contributed by atoms with Crippen molar-refractivity contribution < 1.29 is 14.6 Å². The van der Waals surface area contributed by atoms with Gasteiger partial charge in [-0.05, 0) is 38.9 Å². The van der Waals surface area contributed by atoms with Gasteiger partial charge in [-0.25, -0.2) is 4.79 Å². The predicted octanol–water partition coefficient (Wildman–Crippen LogP) is 1.02. The topological polar surface area (TPSA) is 49.8 Å². The first-order valence-electron chi connectivity index (χ1n) is 4.22. The minimum absolute atomic E-state index is 0.364. The van der Waals surface area contributed by atoms with Gasteiger partial charge in [0.1, 0.15) is 0 Å². The summed E-state index contributed by atoms with van der Waals surface area (Å²) in [4.78, 5) is 12.3. The molecule has 4 nitrogen and oxygen atoms in total. The van der Waals surface area contributed by atoms with Crippen LogP contribution in [0, 0.1) is 5.92 Å². The second kappa shape index (κ2) is 4.30. The monoisotopic (exact) mass is 173 g/mol. The van der Waals surface area contributed by atoms with E-state index in [0.29, 0.717) is 12.5 Å². The van der Waals surface area contributed by atoms with Gasteiger partial charge < -0.3 is 14.7 Å². The molecule has 70 valence electrons. The van der Waals surface area contributed by atoms with E-state index in [1.165, 1.54) is 0 Å². The number of hydrogen-bond acceptors (Lipinski definition) is 3. The van der Waals surface area contributed by atoms with Gasteiger partial charge in [-0.2, -0.15) is 0 Å². The van der Waals surface area contributed by atoms with Crippen LogP contribution in [0.15, 0.2) is 0 Å². The number of carboxylic acid groups (broad SMARTS) is 1. The Balaban J connectivity index is 2.13. The summed E-state index contributed by atoms with van der Waals surface area (Å²) in [6.45, 7) is 2.46. The molecule has 0 aromatic carbocycles. The third-order valence-electron chi connectivity index (χ3n) is 2.28. The summed E-state index contributed by atoms with van der Waals surface area (Å²) >= 11 is 0. The Labute approximate surface area is 72.1 Å². The molecule has 0 atom stereocenters. The second-order valence-corrected chi connectivity index (χ2v) is 3.32. The average Bonchev–Trinajstić information content (AvgIpc) is 2.03. The van der Waals surface area contributed by atoms with Gasteiger partial charge in [0.25, 0.3) is 0 Å². The fourth-order valence-corrected chi connectivity index (χ4v) is 1.42. The van der Waals surface area contributed by atoms with Crippen molar-refractivity contribution in [2.45, 2.75) is 12.8 Å². The van der Waals surface area contributed by atoms with Crippen molar-refractivity contribution in [2.24, 2.45) is 5.92 Å². The molecule has 0 aromatic rings. The standard InChI is InChI=1S/C8H15NO3/c1-9-4-2-7(3-5-9)6-12-8(10)11/h7H,2-6H2,1H3,(H,10,11). The van der Waals surface area contributed by atoms with E-state index in [1.54, 1.807) is 0 Å². The van der Waals surface area contributed by atoms with Crippen molar-refractivity contribution in [3.63, 3.8) is 0 Å². The van der Waals surface area contributed by atoms with Crippen LogP contribution >= 0.6 is 0 Å². The molecule has 4 heteroatoms. The van der Waals surface area contributed by atoms with Crippen molar-refractivity contribution in [1.29, 1.82) is 0 Å². The summed E-state index contributed by atoms with van der Waals surface area (Å²) in [6.07, 6.45) is 0.932. The summed E-state index contributed by atoms with van der Waals surface area (Å²) in [5, 5.41) is 8.26. The molecule has 1 N–H and O–H groups in total. The lowest BCUT2D eigenvalue weighted by atomic mass is 9.98. The van der Waals surface area contributed by atoms with Gasteiger partial charge in [-0.1, -0.05) is 0 Å². The van der Waals surface area contributed by atoms with Gasteiger partial charge >= 0.3 is 6.16 Å². The van der Waals surface area contributed by atoms with Crippen molar-refractivity contribution >= 4 is 6.16 Å². The van der Waals surface area contributed by atoms with Crippen molar-refractivity contribution in [1.82, 2.24) is 4.90 Å². The highest BCUT2D eigenvalue weighted by Gasteiger charge is 2.17. The number of rotatable bonds is 2. The lowest BCUT2D eigenvalue weighted by Crippen LogP contribution is -2.32. The molecule has 0 bridgehead atoms. The van der Waals surface area contributed by atoms with E-state index in [0.717, 1.165) is 25.9 Å². The predicted molar refractivity (Wildman–Crippen MR) is 44.2 cm³/mol. The summed E-state index contributed by atoms with van der Waals surface area (Å²) in [7, 11) is 2.08. The lowest BCUT2D eigenvalue weighted by Gasteiger charge is -2.28. The van der Waals surface area contributed by atoms with Crippen LogP contribution in [0.3, 0.4) is 0 Å². The van der Waals surface area contributed by atoms with Crippen LogP contribution in [0.25, 0.3) is 0 Å². The van der Waals surface area contributed by atoms with Gasteiger partial charge in [-0.15, -0.1) is 0 Å². The second-order valence-electron chi connectivity index (χ2n) is 3.32. The fraction of sp³-hybridized carbons (Fsp3) is 0.875. The van der Waals surface area contributed by atoms with Crippen LogP contribution < -0.4 is 0 Å².